The molecule has 0 spiro atoms. The highest BCUT2D eigenvalue weighted by atomic mass is 19.1. The molecule has 84 valence electrons. The second kappa shape index (κ2) is 4.28. The van der Waals surface area contributed by atoms with Gasteiger partial charge in [0.15, 0.2) is 0 Å². The molecule has 0 aliphatic rings. The summed E-state index contributed by atoms with van der Waals surface area (Å²) in [5.74, 6) is 0.617. The highest BCUT2D eigenvalue weighted by Crippen LogP contribution is 2.28. The third kappa shape index (κ3) is 1.87. The smallest absolute Gasteiger partial charge is 0.240 e. The van der Waals surface area contributed by atoms with Gasteiger partial charge >= 0.3 is 0 Å². The summed E-state index contributed by atoms with van der Waals surface area (Å²) in [4.78, 5) is 4.03. The summed E-state index contributed by atoms with van der Waals surface area (Å²) >= 11 is 0. The van der Waals surface area contributed by atoms with Gasteiger partial charge in [0.2, 0.25) is 11.7 Å². The van der Waals surface area contributed by atoms with E-state index in [0.29, 0.717) is 23.0 Å². The van der Waals surface area contributed by atoms with E-state index in [1.165, 1.54) is 25.3 Å². The number of nitrogens with zero attached hydrogens (tertiary/aromatic N) is 2. The van der Waals surface area contributed by atoms with Gasteiger partial charge in [0.05, 0.1) is 19.2 Å². The second-order valence-corrected chi connectivity index (χ2v) is 3.06. The summed E-state index contributed by atoms with van der Waals surface area (Å²) in [5.41, 5.74) is 5.91. The third-order valence-corrected chi connectivity index (χ3v) is 2.05. The first-order chi connectivity index (χ1) is 7.74. The zero-order valence-corrected chi connectivity index (χ0v) is 8.61. The van der Waals surface area contributed by atoms with E-state index in [2.05, 4.69) is 10.1 Å². The predicted molar refractivity (Wildman–Crippen MR) is 54.1 cm³/mol. The van der Waals surface area contributed by atoms with Crippen LogP contribution in [-0.2, 0) is 6.54 Å². The maximum Gasteiger partial charge on any atom is 0.240 e. The Bertz CT molecular complexity index is 499. The molecule has 2 rings (SSSR count). The number of halogens is 1. The Morgan fingerprint density at radius 2 is 2.31 bits per heavy atom. The molecule has 1 heterocycles. The number of aromatic nitrogens is 2. The van der Waals surface area contributed by atoms with Crippen molar-refractivity contribution in [2.75, 3.05) is 7.11 Å². The lowest BCUT2D eigenvalue weighted by atomic mass is 10.2. The van der Waals surface area contributed by atoms with Crippen molar-refractivity contribution in [3.63, 3.8) is 0 Å². The fourth-order valence-electron chi connectivity index (χ4n) is 1.30. The summed E-state index contributed by atoms with van der Waals surface area (Å²) in [5, 5.41) is 3.73. The monoisotopic (exact) mass is 223 g/mol. The molecule has 0 fully saturated rings. The van der Waals surface area contributed by atoms with Crippen LogP contribution in [0.2, 0.25) is 0 Å². The fraction of sp³-hybridized carbons (Fsp3) is 0.200. The number of benzene rings is 1. The molecule has 2 N–H and O–H groups in total. The van der Waals surface area contributed by atoms with E-state index in [0.717, 1.165) is 0 Å². The Hall–Kier alpha value is -1.95. The van der Waals surface area contributed by atoms with Gasteiger partial charge in [-0.3, -0.25) is 0 Å². The van der Waals surface area contributed by atoms with Gasteiger partial charge in [-0.25, -0.2) is 4.39 Å². The van der Waals surface area contributed by atoms with Crippen molar-refractivity contribution in [1.29, 1.82) is 0 Å². The van der Waals surface area contributed by atoms with Crippen molar-refractivity contribution in [3.05, 3.63) is 29.9 Å². The van der Waals surface area contributed by atoms with Crippen molar-refractivity contribution in [1.82, 2.24) is 10.1 Å². The van der Waals surface area contributed by atoms with Gasteiger partial charge in [-0.2, -0.15) is 4.98 Å². The van der Waals surface area contributed by atoms with E-state index in [1.807, 2.05) is 0 Å². The summed E-state index contributed by atoms with van der Waals surface area (Å²) in [6, 6.07) is 4.09. The first-order valence-electron chi connectivity index (χ1n) is 4.61. The van der Waals surface area contributed by atoms with Crippen LogP contribution in [0.3, 0.4) is 0 Å². The number of methoxy groups -OCH3 is 1. The molecular formula is C10H10FN3O2. The lowest BCUT2D eigenvalue weighted by Gasteiger charge is -2.04. The van der Waals surface area contributed by atoms with Crippen molar-refractivity contribution in [2.45, 2.75) is 6.54 Å². The quantitative estimate of drug-likeness (QED) is 0.849. The number of ether oxygens (including phenoxy) is 1. The summed E-state index contributed by atoms with van der Waals surface area (Å²) in [6.45, 7) is 0.163. The minimum Gasteiger partial charge on any atom is -0.496 e. The van der Waals surface area contributed by atoms with E-state index in [1.54, 1.807) is 0 Å². The number of hydrogen-bond donors (Lipinski definition) is 1. The van der Waals surface area contributed by atoms with Gasteiger partial charge in [0.25, 0.3) is 0 Å². The Kier molecular flexibility index (Phi) is 2.82. The first kappa shape index (κ1) is 10.6. The molecule has 0 unspecified atom stereocenters. The third-order valence-electron chi connectivity index (χ3n) is 2.05. The molecular weight excluding hydrogens is 213 g/mol. The predicted octanol–water partition coefficient (Wildman–Crippen LogP) is 1.34. The van der Waals surface area contributed by atoms with Gasteiger partial charge < -0.3 is 15.0 Å². The van der Waals surface area contributed by atoms with E-state index >= 15 is 0 Å². The van der Waals surface area contributed by atoms with Gasteiger partial charge in [-0.1, -0.05) is 5.16 Å². The molecule has 2 aromatic rings. The van der Waals surface area contributed by atoms with Crippen LogP contribution < -0.4 is 10.5 Å². The van der Waals surface area contributed by atoms with Gasteiger partial charge in [0.1, 0.15) is 11.6 Å². The van der Waals surface area contributed by atoms with Crippen LogP contribution in [0.15, 0.2) is 22.7 Å². The average Bonchev–Trinajstić information content (AvgIpc) is 2.77. The molecule has 0 saturated heterocycles. The first-order valence-corrected chi connectivity index (χ1v) is 4.61. The van der Waals surface area contributed by atoms with Gasteiger partial charge in [0, 0.05) is 6.07 Å². The van der Waals surface area contributed by atoms with E-state index in [-0.39, 0.29) is 12.4 Å². The number of hydrogen-bond acceptors (Lipinski definition) is 5. The highest BCUT2D eigenvalue weighted by molar-refractivity contribution is 5.63. The summed E-state index contributed by atoms with van der Waals surface area (Å²) in [6.07, 6.45) is 0. The zero-order valence-electron chi connectivity index (χ0n) is 8.61. The Labute approximate surface area is 91.0 Å². The van der Waals surface area contributed by atoms with Crippen LogP contribution in [0, 0.1) is 5.82 Å². The van der Waals surface area contributed by atoms with Crippen molar-refractivity contribution in [2.24, 2.45) is 5.73 Å². The maximum atomic E-state index is 13.0. The van der Waals surface area contributed by atoms with Crippen LogP contribution >= 0.6 is 0 Å². The van der Waals surface area contributed by atoms with Crippen LogP contribution in [0.25, 0.3) is 11.4 Å². The number of nitrogens with two attached hydrogens (primary N) is 1. The van der Waals surface area contributed by atoms with E-state index < -0.39 is 0 Å². The Balaban J connectivity index is 2.46. The minimum absolute atomic E-state index is 0.163. The largest absolute Gasteiger partial charge is 0.496 e. The fourth-order valence-corrected chi connectivity index (χ4v) is 1.30. The molecule has 6 heteroatoms. The molecule has 1 aromatic heterocycles. The SMILES string of the molecule is COc1cc(F)ccc1-c1noc(CN)n1. The summed E-state index contributed by atoms with van der Waals surface area (Å²) in [7, 11) is 1.45. The van der Waals surface area contributed by atoms with Crippen LogP contribution in [-0.4, -0.2) is 17.3 Å². The lowest BCUT2D eigenvalue weighted by Crippen LogP contribution is -1.96. The summed E-state index contributed by atoms with van der Waals surface area (Å²) < 4.78 is 22.9. The molecule has 1 aromatic carbocycles. The van der Waals surface area contributed by atoms with Gasteiger partial charge in [-0.15, -0.1) is 0 Å². The van der Waals surface area contributed by atoms with Crippen molar-refractivity contribution >= 4 is 0 Å². The molecule has 0 amide bonds. The lowest BCUT2D eigenvalue weighted by molar-refractivity contribution is 0.379. The average molecular weight is 223 g/mol. The molecule has 0 radical (unpaired) electrons. The molecule has 16 heavy (non-hydrogen) atoms. The van der Waals surface area contributed by atoms with E-state index in [9.17, 15) is 4.39 Å². The Morgan fingerprint density at radius 1 is 1.50 bits per heavy atom. The Morgan fingerprint density at radius 3 is 2.94 bits per heavy atom. The van der Waals surface area contributed by atoms with Gasteiger partial charge in [-0.05, 0) is 12.1 Å². The molecule has 0 atom stereocenters. The number of rotatable bonds is 3. The normalized spacial score (nSPS) is 10.4. The van der Waals surface area contributed by atoms with Crippen molar-refractivity contribution in [3.8, 4) is 17.1 Å². The molecule has 0 saturated carbocycles. The molecule has 0 aliphatic heterocycles. The zero-order chi connectivity index (χ0) is 11.5. The highest BCUT2D eigenvalue weighted by Gasteiger charge is 2.13. The molecule has 0 bridgehead atoms. The second-order valence-electron chi connectivity index (χ2n) is 3.06. The van der Waals surface area contributed by atoms with Crippen LogP contribution in [0.1, 0.15) is 5.89 Å². The van der Waals surface area contributed by atoms with Crippen molar-refractivity contribution < 1.29 is 13.7 Å². The molecule has 5 nitrogen and oxygen atoms in total. The topological polar surface area (TPSA) is 74.2 Å². The maximum absolute atomic E-state index is 13.0. The standard InChI is InChI=1S/C10H10FN3O2/c1-15-8-4-6(11)2-3-7(8)10-13-9(5-12)16-14-10/h2-4H,5,12H2,1H3. The molecule has 0 aliphatic carbocycles. The van der Waals surface area contributed by atoms with E-state index in [4.69, 9.17) is 15.0 Å². The van der Waals surface area contributed by atoms with Crippen LogP contribution in [0.5, 0.6) is 5.75 Å². The van der Waals surface area contributed by atoms with Crippen LogP contribution in [0.4, 0.5) is 4.39 Å². The minimum atomic E-state index is -0.386.